The molecule has 2 aromatic rings. The summed E-state index contributed by atoms with van der Waals surface area (Å²) >= 11 is 1.39. The zero-order valence-electron chi connectivity index (χ0n) is 15.5. The number of hydrogen-bond acceptors (Lipinski definition) is 5. The van der Waals surface area contributed by atoms with Crippen LogP contribution in [0.1, 0.15) is 24.0 Å². The Balaban J connectivity index is 1.63. The fourth-order valence-electron chi connectivity index (χ4n) is 3.13. The Hall–Kier alpha value is -2.67. The van der Waals surface area contributed by atoms with Gasteiger partial charge < -0.3 is 15.0 Å². The van der Waals surface area contributed by atoms with Gasteiger partial charge in [-0.25, -0.2) is 4.98 Å². The molecule has 142 valence electrons. The number of aryl methyl sites for hydroxylation is 1. The average molecular weight is 385 g/mol. The molecule has 1 aliphatic rings. The summed E-state index contributed by atoms with van der Waals surface area (Å²) in [5.74, 6) is 0.342. The first-order valence-corrected chi connectivity index (χ1v) is 9.77. The number of carbonyl (C=O) groups is 2. The van der Waals surface area contributed by atoms with Crippen LogP contribution >= 0.6 is 11.3 Å². The van der Waals surface area contributed by atoms with Gasteiger partial charge in [-0.2, -0.15) is 0 Å². The van der Waals surface area contributed by atoms with Crippen LogP contribution in [-0.4, -0.2) is 41.9 Å². The topological polar surface area (TPSA) is 71.5 Å². The van der Waals surface area contributed by atoms with E-state index >= 15 is 0 Å². The molecule has 3 rings (SSSR count). The molecule has 1 N–H and O–H groups in total. The van der Waals surface area contributed by atoms with Gasteiger partial charge in [0.25, 0.3) is 0 Å². The first-order chi connectivity index (χ1) is 13.1. The third kappa shape index (κ3) is 4.95. The summed E-state index contributed by atoms with van der Waals surface area (Å²) in [5, 5.41) is 5.23. The molecule has 1 fully saturated rings. The molecule has 7 heteroatoms. The highest BCUT2D eigenvalue weighted by Crippen LogP contribution is 2.23. The first-order valence-electron chi connectivity index (χ1n) is 8.89. The van der Waals surface area contributed by atoms with Crippen LogP contribution in [0.5, 0.6) is 5.75 Å². The maximum atomic E-state index is 12.6. The van der Waals surface area contributed by atoms with Crippen molar-refractivity contribution < 1.29 is 14.3 Å². The third-order valence-corrected chi connectivity index (χ3v) is 5.25. The smallest absolute Gasteiger partial charge is 0.246 e. The quantitative estimate of drug-likeness (QED) is 0.801. The van der Waals surface area contributed by atoms with Gasteiger partial charge in [0.1, 0.15) is 5.75 Å². The number of benzene rings is 1. The minimum absolute atomic E-state index is 0.0771. The van der Waals surface area contributed by atoms with Gasteiger partial charge in [-0.15, -0.1) is 11.3 Å². The van der Waals surface area contributed by atoms with Crippen LogP contribution in [-0.2, 0) is 9.59 Å². The summed E-state index contributed by atoms with van der Waals surface area (Å²) < 4.78 is 5.34. The highest BCUT2D eigenvalue weighted by molar-refractivity contribution is 7.13. The number of carbonyl (C=O) groups excluding carboxylic acids is 2. The molecule has 0 saturated carbocycles. The van der Waals surface area contributed by atoms with Crippen molar-refractivity contribution >= 4 is 34.4 Å². The number of anilines is 1. The Morgan fingerprint density at radius 2 is 2.26 bits per heavy atom. The highest BCUT2D eigenvalue weighted by atomic mass is 32.1. The van der Waals surface area contributed by atoms with Gasteiger partial charge in [-0.1, -0.05) is 11.6 Å². The molecule has 0 bridgehead atoms. The number of rotatable bonds is 5. The van der Waals surface area contributed by atoms with Crippen molar-refractivity contribution in [1.82, 2.24) is 9.88 Å². The van der Waals surface area contributed by atoms with E-state index in [4.69, 9.17) is 4.74 Å². The molecule has 2 heterocycles. The lowest BCUT2D eigenvalue weighted by Gasteiger charge is -2.31. The molecular weight excluding hydrogens is 362 g/mol. The van der Waals surface area contributed by atoms with Crippen molar-refractivity contribution in [2.75, 3.05) is 25.5 Å². The summed E-state index contributed by atoms with van der Waals surface area (Å²) in [5.41, 5.74) is 1.96. The van der Waals surface area contributed by atoms with Crippen LogP contribution in [0, 0.1) is 12.8 Å². The molecule has 1 unspecified atom stereocenters. The van der Waals surface area contributed by atoms with Crippen LogP contribution in [0.4, 0.5) is 5.13 Å². The third-order valence-electron chi connectivity index (χ3n) is 4.56. The van der Waals surface area contributed by atoms with Crippen LogP contribution in [0.3, 0.4) is 0 Å². The molecule has 27 heavy (non-hydrogen) atoms. The molecule has 2 amide bonds. The van der Waals surface area contributed by atoms with E-state index in [0.717, 1.165) is 29.7 Å². The van der Waals surface area contributed by atoms with Crippen molar-refractivity contribution in [3.63, 3.8) is 0 Å². The van der Waals surface area contributed by atoms with Crippen molar-refractivity contribution in [3.05, 3.63) is 47.0 Å². The Labute approximate surface area is 162 Å². The monoisotopic (exact) mass is 385 g/mol. The van der Waals surface area contributed by atoms with Gasteiger partial charge in [0.2, 0.25) is 11.8 Å². The molecule has 1 aromatic heterocycles. The van der Waals surface area contributed by atoms with Gasteiger partial charge in [0.05, 0.1) is 13.0 Å². The first kappa shape index (κ1) is 19.1. The fourth-order valence-corrected chi connectivity index (χ4v) is 3.67. The average Bonchev–Trinajstić information content (AvgIpc) is 3.19. The van der Waals surface area contributed by atoms with Gasteiger partial charge in [-0.3, -0.25) is 9.59 Å². The van der Waals surface area contributed by atoms with E-state index in [1.54, 1.807) is 30.4 Å². The zero-order valence-corrected chi connectivity index (χ0v) is 16.3. The maximum absolute atomic E-state index is 12.6. The number of thiazole rings is 1. The largest absolute Gasteiger partial charge is 0.496 e. The van der Waals surface area contributed by atoms with Gasteiger partial charge in [0.15, 0.2) is 5.13 Å². The normalized spacial score (nSPS) is 17.1. The molecule has 0 spiro atoms. The molecule has 1 saturated heterocycles. The van der Waals surface area contributed by atoms with E-state index in [1.165, 1.54) is 11.3 Å². The lowest BCUT2D eigenvalue weighted by atomic mass is 9.97. The van der Waals surface area contributed by atoms with E-state index in [1.807, 2.05) is 30.5 Å². The number of nitrogens with zero attached hydrogens (tertiary/aromatic N) is 2. The number of nitrogens with one attached hydrogen (secondary N) is 1. The van der Waals surface area contributed by atoms with Crippen LogP contribution in [0.2, 0.25) is 0 Å². The van der Waals surface area contributed by atoms with E-state index < -0.39 is 0 Å². The maximum Gasteiger partial charge on any atom is 0.246 e. The van der Waals surface area contributed by atoms with Gasteiger partial charge in [0, 0.05) is 36.3 Å². The minimum atomic E-state index is -0.214. The van der Waals surface area contributed by atoms with E-state index in [2.05, 4.69) is 10.3 Å². The van der Waals surface area contributed by atoms with Crippen molar-refractivity contribution in [1.29, 1.82) is 0 Å². The van der Waals surface area contributed by atoms with E-state index in [-0.39, 0.29) is 17.7 Å². The van der Waals surface area contributed by atoms with E-state index in [9.17, 15) is 9.59 Å². The number of hydrogen-bond donors (Lipinski definition) is 1. The van der Waals surface area contributed by atoms with Crippen LogP contribution in [0.15, 0.2) is 35.9 Å². The predicted molar refractivity (Wildman–Crippen MR) is 107 cm³/mol. The fraction of sp³-hybridized carbons (Fsp3) is 0.350. The number of ether oxygens (including phenoxy) is 1. The molecule has 1 aromatic carbocycles. The standard InChI is InChI=1S/C20H23N3O3S/c1-14-5-7-17(26-2)15(12-14)6-8-18(24)23-10-3-4-16(13-23)19(25)22-20-21-9-11-27-20/h5-9,11-12,16H,3-4,10,13H2,1-2H3,(H,21,22,25)/b8-6+. The predicted octanol–water partition coefficient (Wildman–Crippen LogP) is 3.35. The number of aromatic nitrogens is 1. The Morgan fingerprint density at radius 3 is 3.00 bits per heavy atom. The highest BCUT2D eigenvalue weighted by Gasteiger charge is 2.28. The Kier molecular flexibility index (Phi) is 6.24. The van der Waals surface area contributed by atoms with Crippen molar-refractivity contribution in [2.24, 2.45) is 5.92 Å². The second kappa shape index (κ2) is 8.81. The SMILES string of the molecule is COc1ccc(C)cc1/C=C/C(=O)N1CCCC(C(=O)Nc2nccs2)C1. The Bertz CT molecular complexity index is 833. The summed E-state index contributed by atoms with van der Waals surface area (Å²) in [4.78, 5) is 30.8. The minimum Gasteiger partial charge on any atom is -0.496 e. The summed E-state index contributed by atoms with van der Waals surface area (Å²) in [6.07, 6.45) is 6.56. The summed E-state index contributed by atoms with van der Waals surface area (Å²) in [6, 6.07) is 5.83. The molecular formula is C20H23N3O3S. The van der Waals surface area contributed by atoms with Gasteiger partial charge in [-0.05, 0) is 38.0 Å². The number of likely N-dealkylation sites (tertiary alicyclic amines) is 1. The summed E-state index contributed by atoms with van der Waals surface area (Å²) in [7, 11) is 1.61. The van der Waals surface area contributed by atoms with Crippen molar-refractivity contribution in [2.45, 2.75) is 19.8 Å². The molecule has 0 aliphatic carbocycles. The number of amides is 2. The molecule has 1 aliphatic heterocycles. The molecule has 1 atom stereocenters. The lowest BCUT2D eigenvalue weighted by Crippen LogP contribution is -2.43. The summed E-state index contributed by atoms with van der Waals surface area (Å²) in [6.45, 7) is 3.08. The van der Waals surface area contributed by atoms with Crippen LogP contribution in [0.25, 0.3) is 6.08 Å². The molecule has 0 radical (unpaired) electrons. The number of methoxy groups -OCH3 is 1. The lowest BCUT2D eigenvalue weighted by molar-refractivity contribution is -0.130. The van der Waals surface area contributed by atoms with Gasteiger partial charge >= 0.3 is 0 Å². The number of piperidine rings is 1. The second-order valence-electron chi connectivity index (χ2n) is 6.53. The second-order valence-corrected chi connectivity index (χ2v) is 7.42. The van der Waals surface area contributed by atoms with Crippen LogP contribution < -0.4 is 10.1 Å². The molecule has 6 nitrogen and oxygen atoms in total. The van der Waals surface area contributed by atoms with Crippen molar-refractivity contribution in [3.8, 4) is 5.75 Å². The zero-order chi connectivity index (χ0) is 19.2. The van der Waals surface area contributed by atoms with E-state index in [0.29, 0.717) is 18.2 Å². The Morgan fingerprint density at radius 1 is 1.41 bits per heavy atom.